The van der Waals surface area contributed by atoms with Crippen LogP contribution in [0, 0.1) is 0 Å². The number of carbonyl (C=O) groups is 1. The first-order valence-corrected chi connectivity index (χ1v) is 9.29. The molecule has 3 heterocycles. The van der Waals surface area contributed by atoms with Crippen molar-refractivity contribution in [1.29, 1.82) is 0 Å². The van der Waals surface area contributed by atoms with E-state index in [4.69, 9.17) is 20.2 Å². The molecule has 10 nitrogen and oxygen atoms in total. The number of primary amides is 1. The minimum absolute atomic E-state index is 0.161. The van der Waals surface area contributed by atoms with Gasteiger partial charge in [0.25, 0.3) is 5.91 Å². The summed E-state index contributed by atoms with van der Waals surface area (Å²) in [6.45, 7) is 4.63. The van der Waals surface area contributed by atoms with Gasteiger partial charge in [0.05, 0.1) is 18.7 Å². The number of aliphatic hydroxyl groups excluding tert-OH is 1. The molecule has 0 aliphatic carbocycles. The number of rotatable bonds is 6. The van der Waals surface area contributed by atoms with E-state index in [0.29, 0.717) is 30.5 Å². The Labute approximate surface area is 166 Å². The van der Waals surface area contributed by atoms with E-state index in [9.17, 15) is 9.90 Å². The lowest BCUT2D eigenvalue weighted by Gasteiger charge is -2.15. The van der Waals surface area contributed by atoms with Crippen LogP contribution in [0.5, 0.6) is 11.5 Å². The van der Waals surface area contributed by atoms with Crippen molar-refractivity contribution >= 4 is 5.91 Å². The number of aliphatic hydroxyl groups is 1. The molecule has 0 radical (unpaired) electrons. The summed E-state index contributed by atoms with van der Waals surface area (Å²) < 4.78 is 15.2. The van der Waals surface area contributed by atoms with Crippen molar-refractivity contribution in [3.8, 4) is 34.4 Å². The summed E-state index contributed by atoms with van der Waals surface area (Å²) >= 11 is 0. The van der Waals surface area contributed by atoms with Crippen LogP contribution in [0.1, 0.15) is 19.9 Å². The summed E-state index contributed by atoms with van der Waals surface area (Å²) in [5.41, 5.74) is 6.74. The Bertz CT molecular complexity index is 1040. The second-order valence-corrected chi connectivity index (χ2v) is 6.96. The van der Waals surface area contributed by atoms with Gasteiger partial charge in [-0.1, -0.05) is 0 Å². The molecule has 3 aromatic rings. The molecule has 0 unspecified atom stereocenters. The van der Waals surface area contributed by atoms with E-state index in [2.05, 4.69) is 10.1 Å². The molecule has 10 heteroatoms. The van der Waals surface area contributed by atoms with E-state index >= 15 is 0 Å². The van der Waals surface area contributed by atoms with E-state index in [1.54, 1.807) is 18.2 Å². The molecular weight excluding hydrogens is 376 g/mol. The Morgan fingerprint density at radius 1 is 1.38 bits per heavy atom. The van der Waals surface area contributed by atoms with Crippen LogP contribution in [-0.2, 0) is 11.3 Å². The summed E-state index contributed by atoms with van der Waals surface area (Å²) in [6.07, 6.45) is 2.35. The summed E-state index contributed by atoms with van der Waals surface area (Å²) in [7, 11) is 0. The predicted molar refractivity (Wildman–Crippen MR) is 103 cm³/mol. The van der Waals surface area contributed by atoms with Gasteiger partial charge in [-0.3, -0.25) is 4.79 Å². The molecule has 1 aliphatic heterocycles. The summed E-state index contributed by atoms with van der Waals surface area (Å²) in [4.78, 5) is 20.5. The van der Waals surface area contributed by atoms with Crippen molar-refractivity contribution in [2.75, 3.05) is 13.2 Å². The SMILES string of the molecule is CC(C)n1ncnc1-c1cn2c(n1)-c1ccc(O[C@@H](CO)C(N)=O)cc1OCC2. The molecule has 1 aliphatic rings. The maximum absolute atomic E-state index is 11.3. The molecule has 1 amide bonds. The fourth-order valence-corrected chi connectivity index (χ4v) is 3.20. The third-order valence-electron chi connectivity index (χ3n) is 4.61. The molecule has 0 fully saturated rings. The largest absolute Gasteiger partial charge is 0.491 e. The highest BCUT2D eigenvalue weighted by Gasteiger charge is 2.23. The van der Waals surface area contributed by atoms with E-state index < -0.39 is 18.6 Å². The highest BCUT2D eigenvalue weighted by molar-refractivity contribution is 5.79. The molecule has 1 atom stereocenters. The van der Waals surface area contributed by atoms with Gasteiger partial charge in [-0.2, -0.15) is 5.10 Å². The maximum atomic E-state index is 11.3. The zero-order valence-electron chi connectivity index (χ0n) is 16.1. The second kappa shape index (κ2) is 7.55. The molecule has 0 saturated heterocycles. The number of amides is 1. The van der Waals surface area contributed by atoms with Crippen molar-refractivity contribution in [2.24, 2.45) is 5.73 Å². The molecule has 1 aromatic carbocycles. The predicted octanol–water partition coefficient (Wildman–Crippen LogP) is 1.01. The van der Waals surface area contributed by atoms with E-state index in [-0.39, 0.29) is 6.04 Å². The average molecular weight is 398 g/mol. The molecule has 0 spiro atoms. The van der Waals surface area contributed by atoms with Crippen LogP contribution in [0.2, 0.25) is 0 Å². The molecule has 4 rings (SSSR count). The second-order valence-electron chi connectivity index (χ2n) is 6.96. The van der Waals surface area contributed by atoms with Gasteiger partial charge in [-0.15, -0.1) is 0 Å². The topological polar surface area (TPSA) is 130 Å². The van der Waals surface area contributed by atoms with Crippen LogP contribution in [0.3, 0.4) is 0 Å². The average Bonchev–Trinajstić information content (AvgIpc) is 3.30. The maximum Gasteiger partial charge on any atom is 0.260 e. The third-order valence-corrected chi connectivity index (χ3v) is 4.61. The van der Waals surface area contributed by atoms with Crippen LogP contribution in [0.15, 0.2) is 30.7 Å². The number of hydrogen-bond donors (Lipinski definition) is 2. The first-order chi connectivity index (χ1) is 14.0. The fraction of sp³-hybridized carbons (Fsp3) is 0.368. The van der Waals surface area contributed by atoms with Gasteiger partial charge in [0.1, 0.15) is 36.0 Å². The number of carbonyl (C=O) groups excluding carboxylic acids is 1. The Kier molecular flexibility index (Phi) is 4.93. The quantitative estimate of drug-likeness (QED) is 0.633. The Balaban J connectivity index is 1.70. The molecule has 0 bridgehead atoms. The number of benzene rings is 1. The van der Waals surface area contributed by atoms with E-state index in [1.807, 2.05) is 29.3 Å². The number of nitrogens with zero attached hydrogens (tertiary/aromatic N) is 5. The third kappa shape index (κ3) is 3.54. The molecule has 3 N–H and O–H groups in total. The zero-order chi connectivity index (χ0) is 20.5. The molecule has 152 valence electrons. The summed E-state index contributed by atoms with van der Waals surface area (Å²) in [6, 6.07) is 5.33. The van der Waals surface area contributed by atoms with Gasteiger partial charge in [0.2, 0.25) is 0 Å². The first kappa shape index (κ1) is 18.9. The Morgan fingerprint density at radius 3 is 2.93 bits per heavy atom. The van der Waals surface area contributed by atoms with Crippen LogP contribution in [0.25, 0.3) is 22.9 Å². The number of fused-ring (bicyclic) bond motifs is 3. The lowest BCUT2D eigenvalue weighted by atomic mass is 10.1. The molecule has 2 aromatic heterocycles. The van der Waals surface area contributed by atoms with Crippen LogP contribution >= 0.6 is 0 Å². The smallest absolute Gasteiger partial charge is 0.260 e. The Hall–Kier alpha value is -3.40. The number of imidazole rings is 1. The lowest BCUT2D eigenvalue weighted by molar-refractivity contribution is -0.126. The standard InChI is InChI=1S/C19H22N6O4/c1-11(2)25-19(21-10-22-25)14-8-24-5-6-28-15-7-12(29-16(9-26)17(20)27)3-4-13(15)18(24)23-14/h3-4,7-8,10-11,16,26H,5-6,9H2,1-2H3,(H2,20,27)/t16-/m0/s1. The highest BCUT2D eigenvalue weighted by Crippen LogP contribution is 2.36. The minimum Gasteiger partial charge on any atom is -0.491 e. The number of nitrogens with two attached hydrogens (primary N) is 1. The number of aromatic nitrogens is 5. The molecular formula is C19H22N6O4. The van der Waals surface area contributed by atoms with Crippen molar-refractivity contribution < 1.29 is 19.4 Å². The van der Waals surface area contributed by atoms with Gasteiger partial charge in [0.15, 0.2) is 11.9 Å². The summed E-state index contributed by atoms with van der Waals surface area (Å²) in [5, 5.41) is 13.5. The van der Waals surface area contributed by atoms with Gasteiger partial charge in [-0.05, 0) is 26.0 Å². The highest BCUT2D eigenvalue weighted by atomic mass is 16.5. The van der Waals surface area contributed by atoms with Crippen LogP contribution in [-0.4, -0.2) is 54.6 Å². The van der Waals surface area contributed by atoms with E-state index in [1.165, 1.54) is 6.33 Å². The van der Waals surface area contributed by atoms with Crippen molar-refractivity contribution in [1.82, 2.24) is 24.3 Å². The minimum atomic E-state index is -1.12. The van der Waals surface area contributed by atoms with E-state index in [0.717, 1.165) is 17.1 Å². The number of ether oxygens (including phenoxy) is 2. The normalized spacial score (nSPS) is 13.9. The Morgan fingerprint density at radius 2 is 2.21 bits per heavy atom. The van der Waals surface area contributed by atoms with Gasteiger partial charge >= 0.3 is 0 Å². The van der Waals surface area contributed by atoms with Crippen LogP contribution in [0.4, 0.5) is 0 Å². The molecule has 29 heavy (non-hydrogen) atoms. The van der Waals surface area contributed by atoms with Gasteiger partial charge < -0.3 is 24.9 Å². The van der Waals surface area contributed by atoms with Crippen molar-refractivity contribution in [3.05, 3.63) is 30.7 Å². The summed E-state index contributed by atoms with van der Waals surface area (Å²) in [5.74, 6) is 1.66. The molecule has 0 saturated carbocycles. The zero-order valence-corrected chi connectivity index (χ0v) is 16.1. The first-order valence-electron chi connectivity index (χ1n) is 9.29. The lowest BCUT2D eigenvalue weighted by Crippen LogP contribution is -2.36. The number of hydrogen-bond acceptors (Lipinski definition) is 7. The fourth-order valence-electron chi connectivity index (χ4n) is 3.20. The monoisotopic (exact) mass is 398 g/mol. The van der Waals surface area contributed by atoms with Crippen molar-refractivity contribution in [3.63, 3.8) is 0 Å². The van der Waals surface area contributed by atoms with Crippen molar-refractivity contribution in [2.45, 2.75) is 32.5 Å². The van der Waals surface area contributed by atoms with Gasteiger partial charge in [0, 0.05) is 18.3 Å². The van der Waals surface area contributed by atoms with Crippen LogP contribution < -0.4 is 15.2 Å². The van der Waals surface area contributed by atoms with Gasteiger partial charge in [-0.25, -0.2) is 14.6 Å².